The molecule has 2 atom stereocenters. The van der Waals surface area contributed by atoms with Crippen molar-refractivity contribution in [1.82, 2.24) is 5.09 Å². The van der Waals surface area contributed by atoms with Crippen LogP contribution in [0, 0.1) is 0 Å². The molecular formula is C22H28NO6P. The summed E-state index contributed by atoms with van der Waals surface area (Å²) < 4.78 is 28.3. The summed E-state index contributed by atoms with van der Waals surface area (Å²) in [5, 5.41) is 2.75. The first-order chi connectivity index (χ1) is 14.5. The fourth-order valence-corrected chi connectivity index (χ4v) is 3.90. The number of hydrogen-bond acceptors (Lipinski definition) is 6. The molecule has 0 aliphatic heterocycles. The zero-order valence-electron chi connectivity index (χ0n) is 17.3. The Morgan fingerprint density at radius 1 is 0.933 bits per heavy atom. The van der Waals surface area contributed by atoms with Gasteiger partial charge in [-0.2, -0.15) is 0 Å². The Bertz CT molecular complexity index is 835. The average molecular weight is 433 g/mol. The molecule has 30 heavy (non-hydrogen) atoms. The number of esters is 2. The van der Waals surface area contributed by atoms with E-state index in [1.54, 1.807) is 6.92 Å². The molecule has 2 aromatic rings. The van der Waals surface area contributed by atoms with Crippen molar-refractivity contribution in [3.05, 3.63) is 71.8 Å². The highest BCUT2D eigenvalue weighted by atomic mass is 31.2. The van der Waals surface area contributed by atoms with E-state index >= 15 is 0 Å². The van der Waals surface area contributed by atoms with Crippen molar-refractivity contribution in [2.45, 2.75) is 39.0 Å². The van der Waals surface area contributed by atoms with Gasteiger partial charge in [-0.25, -0.2) is 5.09 Å². The van der Waals surface area contributed by atoms with Crippen LogP contribution >= 0.6 is 7.52 Å². The number of carbonyl (C=O) groups is 2. The highest BCUT2D eigenvalue weighted by Crippen LogP contribution is 2.41. The molecule has 2 aromatic carbocycles. The molecule has 0 amide bonds. The molecule has 0 bridgehead atoms. The molecule has 7 nitrogen and oxygen atoms in total. The van der Waals surface area contributed by atoms with E-state index in [1.165, 1.54) is 7.11 Å². The molecule has 0 saturated heterocycles. The maximum absolute atomic E-state index is 12.6. The van der Waals surface area contributed by atoms with E-state index < -0.39 is 25.5 Å². The quantitative estimate of drug-likeness (QED) is 0.399. The lowest BCUT2D eigenvalue weighted by atomic mass is 10.1. The molecule has 1 N–H and O–H groups in total. The van der Waals surface area contributed by atoms with Crippen LogP contribution in [0.5, 0.6) is 0 Å². The van der Waals surface area contributed by atoms with Crippen LogP contribution < -0.4 is 5.09 Å². The second-order valence-corrected chi connectivity index (χ2v) is 9.23. The highest BCUT2D eigenvalue weighted by Gasteiger charge is 2.30. The van der Waals surface area contributed by atoms with E-state index in [0.29, 0.717) is 0 Å². The lowest BCUT2D eigenvalue weighted by Crippen LogP contribution is -2.37. The third-order valence-electron chi connectivity index (χ3n) is 4.45. The van der Waals surface area contributed by atoms with Crippen molar-refractivity contribution < 1.29 is 28.2 Å². The molecule has 0 aliphatic rings. The normalized spacial score (nSPS) is 13.8. The van der Waals surface area contributed by atoms with Gasteiger partial charge in [0, 0.05) is 19.7 Å². The standard InChI is InChI=1S/C22H28NO6P/c1-3-30(26,27-2)23-20(22(25)29-17-19-12-8-5-9-13-19)14-15-21(24)28-16-18-10-6-4-7-11-18/h4-13,20H,3,14-17H2,1-2H3,(H,23,26)/t20-,30?/m0/s1. The van der Waals surface area contributed by atoms with Gasteiger partial charge in [0.2, 0.25) is 0 Å². The highest BCUT2D eigenvalue weighted by molar-refractivity contribution is 7.56. The first-order valence-electron chi connectivity index (χ1n) is 9.78. The number of benzene rings is 2. The number of ether oxygens (including phenoxy) is 2. The van der Waals surface area contributed by atoms with Crippen LogP contribution in [0.2, 0.25) is 0 Å². The summed E-state index contributed by atoms with van der Waals surface area (Å²) in [5.74, 6) is -1.05. The molecule has 0 aromatic heterocycles. The molecule has 1 unspecified atom stereocenters. The summed E-state index contributed by atoms with van der Waals surface area (Å²) in [4.78, 5) is 24.7. The molecule has 0 fully saturated rings. The summed E-state index contributed by atoms with van der Waals surface area (Å²) in [6.45, 7) is 1.93. The molecule has 0 aliphatic carbocycles. The number of nitrogens with one attached hydrogen (secondary N) is 1. The van der Waals surface area contributed by atoms with Gasteiger partial charge in [0.25, 0.3) is 7.52 Å². The Hall–Kier alpha value is -2.47. The van der Waals surface area contributed by atoms with E-state index in [2.05, 4.69) is 5.09 Å². The molecule has 162 valence electrons. The van der Waals surface area contributed by atoms with Crippen molar-refractivity contribution in [3.8, 4) is 0 Å². The fraction of sp³-hybridized carbons (Fsp3) is 0.364. The second-order valence-electron chi connectivity index (χ2n) is 6.63. The summed E-state index contributed by atoms with van der Waals surface area (Å²) in [5.41, 5.74) is 1.70. The lowest BCUT2D eigenvalue weighted by molar-refractivity contribution is -0.148. The van der Waals surface area contributed by atoms with Crippen molar-refractivity contribution in [3.63, 3.8) is 0 Å². The summed E-state index contributed by atoms with van der Waals surface area (Å²) >= 11 is 0. The first kappa shape index (κ1) is 23.8. The number of hydrogen-bond donors (Lipinski definition) is 1. The van der Waals surface area contributed by atoms with Crippen LogP contribution in [0.3, 0.4) is 0 Å². The maximum atomic E-state index is 12.6. The zero-order valence-corrected chi connectivity index (χ0v) is 18.2. The van der Waals surface area contributed by atoms with E-state index in [-0.39, 0.29) is 32.2 Å². The predicted octanol–water partition coefficient (Wildman–Crippen LogP) is 4.07. The first-order valence-corrected chi connectivity index (χ1v) is 11.6. The van der Waals surface area contributed by atoms with Gasteiger partial charge in [0.15, 0.2) is 0 Å². The average Bonchev–Trinajstić information content (AvgIpc) is 2.80. The van der Waals surface area contributed by atoms with Crippen LogP contribution in [-0.2, 0) is 41.4 Å². The van der Waals surface area contributed by atoms with Crippen LogP contribution in [0.25, 0.3) is 0 Å². The largest absolute Gasteiger partial charge is 0.461 e. The van der Waals surface area contributed by atoms with Crippen LogP contribution in [-0.4, -0.2) is 31.3 Å². The van der Waals surface area contributed by atoms with Gasteiger partial charge in [-0.1, -0.05) is 67.6 Å². The van der Waals surface area contributed by atoms with Gasteiger partial charge in [0.1, 0.15) is 19.3 Å². The van der Waals surface area contributed by atoms with E-state index in [4.69, 9.17) is 14.0 Å². The molecule has 0 saturated carbocycles. The minimum absolute atomic E-state index is 0.0294. The molecule has 8 heteroatoms. The summed E-state index contributed by atoms with van der Waals surface area (Å²) in [7, 11) is -1.90. The van der Waals surface area contributed by atoms with Gasteiger partial charge in [-0.05, 0) is 17.5 Å². The predicted molar refractivity (Wildman–Crippen MR) is 114 cm³/mol. The summed E-state index contributed by atoms with van der Waals surface area (Å²) in [6, 6.07) is 17.6. The minimum Gasteiger partial charge on any atom is -0.461 e. The van der Waals surface area contributed by atoms with E-state index in [0.717, 1.165) is 11.1 Å². The monoisotopic (exact) mass is 433 g/mol. The Labute approximate surface area is 177 Å². The topological polar surface area (TPSA) is 90.9 Å². The third kappa shape index (κ3) is 8.11. The smallest absolute Gasteiger partial charge is 0.323 e. The number of carbonyl (C=O) groups excluding carboxylic acids is 2. The zero-order chi connectivity index (χ0) is 21.8. The van der Waals surface area contributed by atoms with Gasteiger partial charge >= 0.3 is 11.9 Å². The Balaban J connectivity index is 1.93. The van der Waals surface area contributed by atoms with Crippen molar-refractivity contribution in [2.75, 3.05) is 13.3 Å². The van der Waals surface area contributed by atoms with Crippen LogP contribution in [0.15, 0.2) is 60.7 Å². The third-order valence-corrected chi connectivity index (χ3v) is 6.58. The van der Waals surface area contributed by atoms with Gasteiger partial charge in [-0.3, -0.25) is 14.2 Å². The summed E-state index contributed by atoms with van der Waals surface area (Å²) in [6.07, 6.45) is 0.247. The Kier molecular flexibility index (Phi) is 9.74. The lowest BCUT2D eigenvalue weighted by Gasteiger charge is -2.22. The molecule has 2 rings (SSSR count). The van der Waals surface area contributed by atoms with E-state index in [1.807, 2.05) is 60.7 Å². The van der Waals surface area contributed by atoms with Crippen LogP contribution in [0.1, 0.15) is 30.9 Å². The van der Waals surface area contributed by atoms with Gasteiger partial charge in [0.05, 0.1) is 0 Å². The fourth-order valence-electron chi connectivity index (χ4n) is 2.65. The SMILES string of the molecule is CCP(=O)(N[C@@H](CCC(=O)OCc1ccccc1)C(=O)OCc1ccccc1)OC. The van der Waals surface area contributed by atoms with Crippen molar-refractivity contribution >= 4 is 19.5 Å². The van der Waals surface area contributed by atoms with E-state index in [9.17, 15) is 14.2 Å². The molecule has 0 spiro atoms. The minimum atomic E-state index is -3.21. The molecule has 0 heterocycles. The molecular weight excluding hydrogens is 405 g/mol. The maximum Gasteiger partial charge on any atom is 0.323 e. The van der Waals surface area contributed by atoms with Gasteiger partial charge < -0.3 is 14.0 Å². The molecule has 0 radical (unpaired) electrons. The van der Waals surface area contributed by atoms with Crippen molar-refractivity contribution in [2.24, 2.45) is 0 Å². The van der Waals surface area contributed by atoms with Crippen molar-refractivity contribution in [1.29, 1.82) is 0 Å². The Morgan fingerprint density at radius 3 is 1.97 bits per heavy atom. The Morgan fingerprint density at radius 2 is 1.47 bits per heavy atom. The van der Waals surface area contributed by atoms with Gasteiger partial charge in [-0.15, -0.1) is 0 Å². The number of rotatable bonds is 12. The van der Waals surface area contributed by atoms with Crippen LogP contribution in [0.4, 0.5) is 0 Å². The second kappa shape index (κ2) is 12.3.